The van der Waals surface area contributed by atoms with Gasteiger partial charge in [-0.1, -0.05) is 0 Å². The van der Waals surface area contributed by atoms with Gasteiger partial charge in [0.2, 0.25) is 0 Å². The number of phenolic OH excluding ortho intramolecular Hbond substituents is 1. The molecule has 0 atom stereocenters. The second-order valence-corrected chi connectivity index (χ2v) is 6.13. The predicted octanol–water partition coefficient (Wildman–Crippen LogP) is 3.65. The number of carbonyl (C=O) groups is 2. The molecule has 0 bridgehead atoms. The van der Waals surface area contributed by atoms with Crippen LogP contribution >= 0.6 is 11.8 Å². The quantitative estimate of drug-likeness (QED) is 0.842. The highest BCUT2D eigenvalue weighted by Gasteiger charge is 2.36. The Morgan fingerprint density at radius 2 is 1.76 bits per heavy atom. The second-order valence-electron chi connectivity index (χ2n) is 5.14. The zero-order chi connectivity index (χ0) is 18.0. The summed E-state index contributed by atoms with van der Waals surface area (Å²) in [7, 11) is 3.08. The van der Waals surface area contributed by atoms with E-state index in [4.69, 9.17) is 9.47 Å². The molecule has 1 aliphatic rings. The first-order valence-electron chi connectivity index (χ1n) is 7.32. The molecule has 7 heteroatoms. The maximum Gasteiger partial charge on any atom is 0.298 e. The molecule has 6 nitrogen and oxygen atoms in total. The molecule has 3 rings (SSSR count). The number of benzene rings is 2. The van der Waals surface area contributed by atoms with Crippen molar-refractivity contribution in [1.29, 1.82) is 0 Å². The number of methoxy groups -OCH3 is 2. The van der Waals surface area contributed by atoms with Gasteiger partial charge < -0.3 is 14.6 Å². The lowest BCUT2D eigenvalue weighted by atomic mass is 10.1. The van der Waals surface area contributed by atoms with Crippen molar-refractivity contribution in [2.45, 2.75) is 0 Å². The number of ether oxygens (including phenoxy) is 2. The standard InChI is InChI=1S/C18H15NO5S/c1-23-14-7-8-15(24-2)11(9-14)10-16-17(21)19(18(22)25-16)12-3-5-13(20)6-4-12/h3-10,20H,1-2H3. The first-order chi connectivity index (χ1) is 12.0. The van der Waals surface area contributed by atoms with Crippen LogP contribution in [0.4, 0.5) is 10.5 Å². The number of thioether (sulfide) groups is 1. The van der Waals surface area contributed by atoms with Gasteiger partial charge in [0.05, 0.1) is 24.8 Å². The number of rotatable bonds is 4. The SMILES string of the molecule is COc1ccc(OC)c(C=C2SC(=O)N(c3ccc(O)cc3)C2=O)c1. The van der Waals surface area contributed by atoms with Gasteiger partial charge in [-0.2, -0.15) is 0 Å². The minimum Gasteiger partial charge on any atom is -0.508 e. The summed E-state index contributed by atoms with van der Waals surface area (Å²) < 4.78 is 10.5. The highest BCUT2D eigenvalue weighted by Crippen LogP contribution is 2.37. The van der Waals surface area contributed by atoms with E-state index in [-0.39, 0.29) is 10.7 Å². The van der Waals surface area contributed by atoms with Crippen LogP contribution in [0.2, 0.25) is 0 Å². The van der Waals surface area contributed by atoms with Gasteiger partial charge in [-0.15, -0.1) is 0 Å². The summed E-state index contributed by atoms with van der Waals surface area (Å²) in [5.41, 5.74) is 1.04. The third kappa shape index (κ3) is 3.32. The molecule has 2 aromatic carbocycles. The van der Waals surface area contributed by atoms with Crippen LogP contribution < -0.4 is 14.4 Å². The Morgan fingerprint density at radius 3 is 2.40 bits per heavy atom. The molecule has 0 unspecified atom stereocenters. The number of hydrogen-bond donors (Lipinski definition) is 1. The number of aromatic hydroxyl groups is 1. The summed E-state index contributed by atoms with van der Waals surface area (Å²) in [5.74, 6) is 0.819. The van der Waals surface area contributed by atoms with E-state index in [2.05, 4.69) is 0 Å². The number of amides is 2. The summed E-state index contributed by atoms with van der Waals surface area (Å²) in [4.78, 5) is 26.3. The minimum absolute atomic E-state index is 0.0624. The Balaban J connectivity index is 1.97. The molecule has 0 spiro atoms. The zero-order valence-corrected chi connectivity index (χ0v) is 14.4. The maximum absolute atomic E-state index is 12.6. The summed E-state index contributed by atoms with van der Waals surface area (Å²) in [6, 6.07) is 11.1. The monoisotopic (exact) mass is 357 g/mol. The summed E-state index contributed by atoms with van der Waals surface area (Å²) in [5, 5.41) is 8.96. The second kappa shape index (κ2) is 6.90. The lowest BCUT2D eigenvalue weighted by molar-refractivity contribution is -0.113. The molecule has 1 saturated heterocycles. The van der Waals surface area contributed by atoms with Crippen LogP contribution in [0.1, 0.15) is 5.56 Å². The van der Waals surface area contributed by atoms with Gasteiger partial charge in [0.1, 0.15) is 17.2 Å². The number of anilines is 1. The molecule has 1 aliphatic heterocycles. The van der Waals surface area contributed by atoms with Crippen molar-refractivity contribution >= 4 is 34.7 Å². The third-order valence-electron chi connectivity index (χ3n) is 3.63. The highest BCUT2D eigenvalue weighted by molar-refractivity contribution is 8.19. The van der Waals surface area contributed by atoms with E-state index in [0.29, 0.717) is 22.7 Å². The van der Waals surface area contributed by atoms with Gasteiger partial charge in [0.15, 0.2) is 0 Å². The number of phenols is 1. The van der Waals surface area contributed by atoms with Crippen LogP contribution in [0.3, 0.4) is 0 Å². The molecular weight excluding hydrogens is 342 g/mol. The van der Waals surface area contributed by atoms with E-state index in [9.17, 15) is 14.7 Å². The van der Waals surface area contributed by atoms with Crippen LogP contribution in [0.15, 0.2) is 47.4 Å². The smallest absolute Gasteiger partial charge is 0.298 e. The van der Waals surface area contributed by atoms with E-state index < -0.39 is 11.1 Å². The molecule has 25 heavy (non-hydrogen) atoms. The number of hydrogen-bond acceptors (Lipinski definition) is 6. The van der Waals surface area contributed by atoms with E-state index in [0.717, 1.165) is 16.7 Å². The Bertz CT molecular complexity index is 860. The molecule has 2 aromatic rings. The normalized spacial score (nSPS) is 15.8. The third-order valence-corrected chi connectivity index (χ3v) is 4.49. The van der Waals surface area contributed by atoms with Crippen molar-refractivity contribution in [2.75, 3.05) is 19.1 Å². The Kier molecular flexibility index (Phi) is 4.67. The van der Waals surface area contributed by atoms with Crippen LogP contribution in [0.5, 0.6) is 17.2 Å². The zero-order valence-electron chi connectivity index (χ0n) is 13.6. The molecule has 1 fully saturated rings. The Morgan fingerprint density at radius 1 is 1.04 bits per heavy atom. The van der Waals surface area contributed by atoms with Crippen molar-refractivity contribution in [3.8, 4) is 17.2 Å². The fourth-order valence-electron chi connectivity index (χ4n) is 2.39. The fourth-order valence-corrected chi connectivity index (χ4v) is 3.22. The highest BCUT2D eigenvalue weighted by atomic mass is 32.2. The summed E-state index contributed by atoms with van der Waals surface area (Å²) >= 11 is 0.848. The van der Waals surface area contributed by atoms with E-state index in [1.54, 1.807) is 31.4 Å². The molecule has 1 heterocycles. The van der Waals surface area contributed by atoms with Crippen LogP contribution in [-0.2, 0) is 4.79 Å². The summed E-state index contributed by atoms with van der Waals surface area (Å²) in [6.45, 7) is 0. The molecule has 2 amide bonds. The topological polar surface area (TPSA) is 76.1 Å². The van der Waals surface area contributed by atoms with Gasteiger partial charge in [-0.3, -0.25) is 9.59 Å². The van der Waals surface area contributed by atoms with Crippen molar-refractivity contribution in [3.63, 3.8) is 0 Å². The first-order valence-corrected chi connectivity index (χ1v) is 8.14. The minimum atomic E-state index is -0.425. The molecular formula is C18H15NO5S. The van der Waals surface area contributed by atoms with E-state index >= 15 is 0 Å². The van der Waals surface area contributed by atoms with Gasteiger partial charge >= 0.3 is 0 Å². The van der Waals surface area contributed by atoms with Crippen molar-refractivity contribution < 1.29 is 24.2 Å². The molecule has 0 saturated carbocycles. The van der Waals surface area contributed by atoms with Gasteiger partial charge in [-0.05, 0) is 60.3 Å². The van der Waals surface area contributed by atoms with E-state index in [1.165, 1.54) is 31.4 Å². The Hall–Kier alpha value is -2.93. The largest absolute Gasteiger partial charge is 0.508 e. The first kappa shape index (κ1) is 16.9. The average molecular weight is 357 g/mol. The average Bonchev–Trinajstić information content (AvgIpc) is 2.89. The van der Waals surface area contributed by atoms with Crippen LogP contribution in [0, 0.1) is 0 Å². The predicted molar refractivity (Wildman–Crippen MR) is 96.1 cm³/mol. The molecule has 0 aromatic heterocycles. The summed E-state index contributed by atoms with van der Waals surface area (Å²) in [6.07, 6.45) is 1.60. The fraction of sp³-hybridized carbons (Fsp3) is 0.111. The van der Waals surface area contributed by atoms with Gasteiger partial charge in [0.25, 0.3) is 11.1 Å². The number of carbonyl (C=O) groups excluding carboxylic acids is 2. The lowest BCUT2D eigenvalue weighted by Gasteiger charge is -2.12. The van der Waals surface area contributed by atoms with Gasteiger partial charge in [-0.25, -0.2) is 4.90 Å². The van der Waals surface area contributed by atoms with Gasteiger partial charge in [0, 0.05) is 5.56 Å². The van der Waals surface area contributed by atoms with Crippen LogP contribution in [0.25, 0.3) is 6.08 Å². The molecule has 128 valence electrons. The lowest BCUT2D eigenvalue weighted by Crippen LogP contribution is -2.27. The van der Waals surface area contributed by atoms with Crippen molar-refractivity contribution in [2.24, 2.45) is 0 Å². The van der Waals surface area contributed by atoms with Crippen molar-refractivity contribution in [1.82, 2.24) is 0 Å². The molecule has 1 N–H and O–H groups in total. The number of imide groups is 1. The molecule has 0 radical (unpaired) electrons. The van der Waals surface area contributed by atoms with Crippen molar-refractivity contribution in [3.05, 3.63) is 52.9 Å². The molecule has 0 aliphatic carbocycles. The maximum atomic E-state index is 12.6. The van der Waals surface area contributed by atoms with Crippen LogP contribution in [-0.4, -0.2) is 30.5 Å². The van der Waals surface area contributed by atoms with E-state index in [1.807, 2.05) is 0 Å². The number of nitrogens with zero attached hydrogens (tertiary/aromatic N) is 1. The Labute approximate surface area is 148 Å².